The molecule has 2 amide bonds. The number of rotatable bonds is 16. The summed E-state index contributed by atoms with van der Waals surface area (Å²) in [6.07, 6.45) is -0.902. The monoisotopic (exact) mass is 450 g/mol. The first-order chi connectivity index (χ1) is 14.6. The second kappa shape index (κ2) is 17.3. The van der Waals surface area contributed by atoms with Crippen molar-refractivity contribution in [3.63, 3.8) is 0 Å². The summed E-state index contributed by atoms with van der Waals surface area (Å²) >= 11 is 0. The fourth-order valence-corrected chi connectivity index (χ4v) is 1.85. The van der Waals surface area contributed by atoms with Crippen molar-refractivity contribution in [1.29, 1.82) is 0 Å². The third-order valence-corrected chi connectivity index (χ3v) is 3.12. The Balaban J connectivity index is 3.61. The number of alkyl carbamates (subject to hydrolysis) is 1. The lowest BCUT2D eigenvalue weighted by molar-refractivity contribution is -0.152. The molecule has 12 heteroatoms. The Morgan fingerprint density at radius 3 is 2.00 bits per heavy atom. The van der Waals surface area contributed by atoms with E-state index in [0.29, 0.717) is 26.4 Å². The van der Waals surface area contributed by atoms with E-state index in [1.807, 2.05) is 0 Å². The van der Waals surface area contributed by atoms with Gasteiger partial charge in [0.25, 0.3) is 0 Å². The molecule has 0 aliphatic rings. The van der Waals surface area contributed by atoms with Crippen LogP contribution in [0.4, 0.5) is 4.79 Å². The Bertz CT molecular complexity index is 548. The summed E-state index contributed by atoms with van der Waals surface area (Å²) in [5.41, 5.74) is -0.677. The molecule has 0 saturated carbocycles. The SMILES string of the molecule is CC(C)(C)OC(=O)NCC(=O)OCCOC(=O)CCC(=O)NCCOCCOCCO. The first-order valence-corrected chi connectivity index (χ1v) is 9.95. The van der Waals surface area contributed by atoms with Gasteiger partial charge in [0.1, 0.15) is 25.4 Å². The summed E-state index contributed by atoms with van der Waals surface area (Å²) in [5, 5.41) is 13.4. The molecule has 3 N–H and O–H groups in total. The molecule has 0 aliphatic carbocycles. The van der Waals surface area contributed by atoms with E-state index < -0.39 is 23.6 Å². The van der Waals surface area contributed by atoms with E-state index in [4.69, 9.17) is 28.8 Å². The molecule has 0 fully saturated rings. The van der Waals surface area contributed by atoms with Crippen LogP contribution in [0.15, 0.2) is 0 Å². The van der Waals surface area contributed by atoms with Crippen LogP contribution in [-0.2, 0) is 38.1 Å². The number of hydrogen-bond acceptors (Lipinski definition) is 10. The van der Waals surface area contributed by atoms with E-state index in [9.17, 15) is 19.2 Å². The van der Waals surface area contributed by atoms with Gasteiger partial charge in [-0.2, -0.15) is 0 Å². The van der Waals surface area contributed by atoms with Gasteiger partial charge in [0.05, 0.1) is 39.5 Å². The van der Waals surface area contributed by atoms with Crippen LogP contribution in [0.3, 0.4) is 0 Å². The summed E-state index contributed by atoms with van der Waals surface area (Å²) in [6, 6.07) is 0. The molecule has 180 valence electrons. The molecule has 0 aromatic carbocycles. The smallest absolute Gasteiger partial charge is 0.408 e. The van der Waals surface area contributed by atoms with Gasteiger partial charge in [0.2, 0.25) is 5.91 Å². The van der Waals surface area contributed by atoms with Crippen molar-refractivity contribution in [3.05, 3.63) is 0 Å². The maximum Gasteiger partial charge on any atom is 0.408 e. The van der Waals surface area contributed by atoms with Crippen LogP contribution in [0, 0.1) is 0 Å². The summed E-state index contributed by atoms with van der Waals surface area (Å²) in [4.78, 5) is 46.0. The van der Waals surface area contributed by atoms with Crippen molar-refractivity contribution in [2.45, 2.75) is 39.2 Å². The number of esters is 2. The van der Waals surface area contributed by atoms with E-state index in [1.165, 1.54) is 0 Å². The van der Waals surface area contributed by atoms with Crippen LogP contribution < -0.4 is 10.6 Å². The topological polar surface area (TPSA) is 159 Å². The minimum atomic E-state index is -0.743. The highest BCUT2D eigenvalue weighted by atomic mass is 16.6. The first kappa shape index (κ1) is 28.6. The van der Waals surface area contributed by atoms with Crippen molar-refractivity contribution in [3.8, 4) is 0 Å². The summed E-state index contributed by atoms with van der Waals surface area (Å²) < 4.78 is 24.8. The van der Waals surface area contributed by atoms with Gasteiger partial charge in [-0.05, 0) is 20.8 Å². The Morgan fingerprint density at radius 1 is 0.774 bits per heavy atom. The van der Waals surface area contributed by atoms with E-state index in [1.54, 1.807) is 20.8 Å². The fourth-order valence-electron chi connectivity index (χ4n) is 1.85. The second-order valence-electron chi connectivity index (χ2n) is 7.09. The van der Waals surface area contributed by atoms with Crippen LogP contribution in [0.25, 0.3) is 0 Å². The zero-order valence-electron chi connectivity index (χ0n) is 18.4. The molecule has 0 radical (unpaired) electrons. The summed E-state index contributed by atoms with van der Waals surface area (Å²) in [5.74, 6) is -1.63. The number of nitrogens with one attached hydrogen (secondary N) is 2. The third kappa shape index (κ3) is 20.6. The number of aliphatic hydroxyl groups is 1. The van der Waals surface area contributed by atoms with Crippen molar-refractivity contribution in [2.75, 3.05) is 59.3 Å². The van der Waals surface area contributed by atoms with E-state index in [-0.39, 0.29) is 51.7 Å². The number of carbonyl (C=O) groups excluding carboxylic acids is 4. The molecule has 0 saturated heterocycles. The van der Waals surface area contributed by atoms with E-state index >= 15 is 0 Å². The number of hydrogen-bond donors (Lipinski definition) is 3. The lowest BCUT2D eigenvalue weighted by atomic mass is 10.2. The van der Waals surface area contributed by atoms with Gasteiger partial charge in [-0.1, -0.05) is 0 Å². The Hall–Kier alpha value is -2.44. The molecule has 0 rings (SSSR count). The predicted molar refractivity (Wildman–Crippen MR) is 107 cm³/mol. The Labute approximate surface area is 181 Å². The molecule has 0 aliphatic heterocycles. The van der Waals surface area contributed by atoms with Crippen LogP contribution in [0.2, 0.25) is 0 Å². The van der Waals surface area contributed by atoms with E-state index in [0.717, 1.165) is 0 Å². The number of amides is 2. The van der Waals surface area contributed by atoms with Gasteiger partial charge in [-0.25, -0.2) is 4.79 Å². The average Bonchev–Trinajstić information content (AvgIpc) is 2.68. The molecule has 0 aromatic rings. The number of aliphatic hydroxyl groups excluding tert-OH is 1. The molecule has 0 spiro atoms. The molecular weight excluding hydrogens is 416 g/mol. The van der Waals surface area contributed by atoms with Crippen LogP contribution in [-0.4, -0.2) is 94.0 Å². The molecule has 0 unspecified atom stereocenters. The minimum absolute atomic E-state index is 0.0436. The zero-order chi connectivity index (χ0) is 23.5. The van der Waals surface area contributed by atoms with Gasteiger partial charge in [-0.15, -0.1) is 0 Å². The van der Waals surface area contributed by atoms with Gasteiger partial charge in [-0.3, -0.25) is 14.4 Å². The first-order valence-electron chi connectivity index (χ1n) is 9.95. The van der Waals surface area contributed by atoms with Gasteiger partial charge in [0.15, 0.2) is 0 Å². The zero-order valence-corrected chi connectivity index (χ0v) is 18.4. The highest BCUT2D eigenvalue weighted by Crippen LogP contribution is 2.06. The van der Waals surface area contributed by atoms with Crippen molar-refractivity contribution in [1.82, 2.24) is 10.6 Å². The summed E-state index contributed by atoms with van der Waals surface area (Å²) in [7, 11) is 0. The standard InChI is InChI=1S/C19H34N2O10/c1-19(2,3)31-18(26)21-14-17(25)30-13-12-29-16(24)5-4-15(23)20-6-8-27-10-11-28-9-7-22/h22H,4-14H2,1-3H3,(H,20,23)(H,21,26). The van der Waals surface area contributed by atoms with E-state index in [2.05, 4.69) is 10.6 Å². The summed E-state index contributed by atoms with van der Waals surface area (Å²) in [6.45, 7) is 5.87. The van der Waals surface area contributed by atoms with Crippen molar-refractivity contribution in [2.24, 2.45) is 0 Å². The normalized spacial score (nSPS) is 10.8. The molecule has 12 nitrogen and oxygen atoms in total. The predicted octanol–water partition coefficient (Wildman–Crippen LogP) is -0.481. The quantitative estimate of drug-likeness (QED) is 0.159. The molecular formula is C19H34N2O10. The van der Waals surface area contributed by atoms with Gasteiger partial charge in [0, 0.05) is 13.0 Å². The van der Waals surface area contributed by atoms with Gasteiger partial charge < -0.3 is 39.4 Å². The molecule has 0 heterocycles. The number of ether oxygens (including phenoxy) is 5. The molecule has 0 aromatic heterocycles. The molecule has 0 atom stereocenters. The molecule has 31 heavy (non-hydrogen) atoms. The third-order valence-electron chi connectivity index (χ3n) is 3.12. The van der Waals surface area contributed by atoms with Crippen molar-refractivity contribution >= 4 is 23.9 Å². The number of carbonyl (C=O) groups is 4. The Morgan fingerprint density at radius 2 is 1.39 bits per heavy atom. The highest BCUT2D eigenvalue weighted by molar-refractivity contribution is 5.81. The maximum absolute atomic E-state index is 11.6. The minimum Gasteiger partial charge on any atom is -0.462 e. The van der Waals surface area contributed by atoms with Gasteiger partial charge >= 0.3 is 18.0 Å². The largest absolute Gasteiger partial charge is 0.462 e. The van der Waals surface area contributed by atoms with Crippen LogP contribution >= 0.6 is 0 Å². The lowest BCUT2D eigenvalue weighted by Crippen LogP contribution is -2.36. The van der Waals surface area contributed by atoms with Crippen LogP contribution in [0.1, 0.15) is 33.6 Å². The van der Waals surface area contributed by atoms with Crippen molar-refractivity contribution < 1.29 is 48.0 Å². The average molecular weight is 450 g/mol. The highest BCUT2D eigenvalue weighted by Gasteiger charge is 2.17. The van der Waals surface area contributed by atoms with Crippen LogP contribution in [0.5, 0.6) is 0 Å². The Kier molecular flexibility index (Phi) is 15.9. The second-order valence-corrected chi connectivity index (χ2v) is 7.09. The maximum atomic E-state index is 11.6. The lowest BCUT2D eigenvalue weighted by Gasteiger charge is -2.19. The molecule has 0 bridgehead atoms. The fraction of sp³-hybridized carbons (Fsp3) is 0.789.